The maximum atomic E-state index is 10.5. The van der Waals surface area contributed by atoms with Crippen molar-refractivity contribution in [3.05, 3.63) is 19.1 Å². The largest absolute Gasteiger partial charge is 0.481 e. The monoisotopic (exact) mass is 360 g/mol. The number of rotatable bonds is 6. The van der Waals surface area contributed by atoms with Crippen LogP contribution in [0.1, 0.15) is 13.8 Å². The summed E-state index contributed by atoms with van der Waals surface area (Å²) in [4.78, 5) is 22.5. The molecule has 108 valence electrons. The number of Topliss-reactive ketones (excluding diaryl/α,β-unsaturated/α-hetero) is 1. The molecule has 0 amide bonds. The predicted molar refractivity (Wildman–Crippen MR) is 77.0 cm³/mol. The first kappa shape index (κ1) is 24.1. The molecule has 0 aromatic rings. The Bertz CT molecular complexity index is 284. The van der Waals surface area contributed by atoms with Crippen LogP contribution in [0.15, 0.2) is 12.2 Å². The Morgan fingerprint density at radius 1 is 1.42 bits per heavy atom. The minimum absolute atomic E-state index is 0. The molecule has 1 atom stereocenters. The molecule has 0 aromatic carbocycles. The van der Waals surface area contributed by atoms with Crippen molar-refractivity contribution in [3.63, 3.8) is 0 Å². The molecular formula is C13H25NO3SiY-. The molecule has 1 N–H and O–H groups in total. The number of hydrogen-bond donors (Lipinski definition) is 1. The van der Waals surface area contributed by atoms with Crippen LogP contribution < -0.4 is 0 Å². The molecule has 0 aliphatic carbocycles. The second-order valence-electron chi connectivity index (χ2n) is 4.85. The van der Waals surface area contributed by atoms with Crippen molar-refractivity contribution in [1.82, 2.24) is 4.90 Å². The molecule has 2 radical (unpaired) electrons. The number of ketones is 1. The SMILES string of the molecule is C=C(C)C([CH2-])=O.CC(CN(C)C[Si](C)C)C(=O)O.[Y]. The number of allylic oxidation sites excluding steroid dienone is 1. The fourth-order valence-corrected chi connectivity index (χ4v) is 2.36. The maximum absolute atomic E-state index is 10.5. The zero-order chi connectivity index (χ0) is 14.9. The summed E-state index contributed by atoms with van der Waals surface area (Å²) in [6, 6.07) is 0. The van der Waals surface area contributed by atoms with Crippen LogP contribution in [0.2, 0.25) is 13.1 Å². The molecule has 4 nitrogen and oxygen atoms in total. The first-order valence-corrected chi connectivity index (χ1v) is 8.50. The Morgan fingerprint density at radius 3 is 2.00 bits per heavy atom. The van der Waals surface area contributed by atoms with Crippen LogP contribution in [0, 0.1) is 12.8 Å². The standard InChI is InChI=1S/C8H18NO2Si.C5H7O.Y/c1-7(8(10)11)5-9(2)6-12(3)4;1-4(2)5(3)6;/h7H,5-6H2,1-4H3,(H,10,11);1,3H2,2H3;/q;-1;. The topological polar surface area (TPSA) is 57.6 Å². The van der Waals surface area contributed by atoms with Gasteiger partial charge in [0.1, 0.15) is 0 Å². The predicted octanol–water partition coefficient (Wildman–Crippen LogP) is 1.90. The van der Waals surface area contributed by atoms with Crippen LogP contribution in [-0.2, 0) is 42.3 Å². The van der Waals surface area contributed by atoms with Crippen molar-refractivity contribution in [1.29, 1.82) is 0 Å². The summed E-state index contributed by atoms with van der Waals surface area (Å²) in [7, 11) is 1.71. The van der Waals surface area contributed by atoms with Crippen LogP contribution in [0.3, 0.4) is 0 Å². The summed E-state index contributed by atoms with van der Waals surface area (Å²) in [5.41, 5.74) is 0.509. The van der Waals surface area contributed by atoms with Crippen LogP contribution >= 0.6 is 0 Å². The molecule has 0 spiro atoms. The summed E-state index contributed by atoms with van der Waals surface area (Å²) in [5.74, 6) is -1.14. The van der Waals surface area contributed by atoms with E-state index in [1.54, 1.807) is 13.8 Å². The zero-order valence-electron chi connectivity index (χ0n) is 12.7. The third kappa shape index (κ3) is 18.0. The van der Waals surface area contributed by atoms with Gasteiger partial charge >= 0.3 is 5.97 Å². The number of carbonyl (C=O) groups excluding carboxylic acids is 1. The van der Waals surface area contributed by atoms with E-state index in [9.17, 15) is 9.59 Å². The van der Waals surface area contributed by atoms with Crippen LogP contribution in [0.4, 0.5) is 0 Å². The smallest absolute Gasteiger partial charge is 0.307 e. The van der Waals surface area contributed by atoms with Gasteiger partial charge in [0, 0.05) is 45.0 Å². The number of carbonyl (C=O) groups is 2. The van der Waals surface area contributed by atoms with E-state index in [1.807, 2.05) is 7.05 Å². The number of aliphatic carboxylic acids is 1. The Morgan fingerprint density at radius 2 is 1.79 bits per heavy atom. The minimum Gasteiger partial charge on any atom is -0.481 e. The van der Waals surface area contributed by atoms with Crippen molar-refractivity contribution in [3.8, 4) is 0 Å². The van der Waals surface area contributed by atoms with Crippen molar-refractivity contribution in [2.24, 2.45) is 5.92 Å². The molecule has 0 aliphatic rings. The minimum atomic E-state index is -0.706. The quantitative estimate of drug-likeness (QED) is 0.447. The van der Waals surface area contributed by atoms with E-state index in [-0.39, 0.29) is 53.2 Å². The third-order valence-electron chi connectivity index (χ3n) is 2.07. The number of hydrogen-bond acceptors (Lipinski definition) is 3. The van der Waals surface area contributed by atoms with Crippen molar-refractivity contribution >= 4 is 20.5 Å². The van der Waals surface area contributed by atoms with Crippen LogP contribution in [0.5, 0.6) is 0 Å². The van der Waals surface area contributed by atoms with E-state index in [4.69, 9.17) is 5.11 Å². The average molecular weight is 360 g/mol. The first-order valence-electron chi connectivity index (χ1n) is 5.80. The molecule has 0 bridgehead atoms. The molecule has 0 fully saturated rings. The molecule has 0 saturated carbocycles. The molecule has 0 rings (SSSR count). The van der Waals surface area contributed by atoms with Gasteiger partial charge in [-0.05, 0) is 13.2 Å². The van der Waals surface area contributed by atoms with Gasteiger partial charge in [0.2, 0.25) is 0 Å². The third-order valence-corrected chi connectivity index (χ3v) is 3.24. The molecule has 6 heteroatoms. The van der Waals surface area contributed by atoms with Gasteiger partial charge in [-0.25, -0.2) is 0 Å². The van der Waals surface area contributed by atoms with Crippen molar-refractivity contribution < 1.29 is 47.4 Å². The fraction of sp³-hybridized carbons (Fsp3) is 0.615. The van der Waals surface area contributed by atoms with Gasteiger partial charge in [-0.15, -0.1) is 6.92 Å². The van der Waals surface area contributed by atoms with Crippen molar-refractivity contribution in [2.75, 3.05) is 19.8 Å². The summed E-state index contributed by atoms with van der Waals surface area (Å²) in [6.45, 7) is 14.9. The van der Waals surface area contributed by atoms with Gasteiger partial charge in [-0.2, -0.15) is 19.1 Å². The first-order chi connectivity index (χ1) is 8.07. The maximum Gasteiger partial charge on any atom is 0.307 e. The van der Waals surface area contributed by atoms with E-state index in [0.717, 1.165) is 6.17 Å². The van der Waals surface area contributed by atoms with Crippen LogP contribution in [-0.4, -0.2) is 50.3 Å². The second kappa shape index (κ2) is 13.0. The average Bonchev–Trinajstić information content (AvgIpc) is 2.16. The summed E-state index contributed by atoms with van der Waals surface area (Å²) < 4.78 is 0. The zero-order valence-corrected chi connectivity index (χ0v) is 16.5. The van der Waals surface area contributed by atoms with Crippen molar-refractivity contribution in [2.45, 2.75) is 26.9 Å². The molecule has 0 saturated heterocycles. The number of carboxylic acid groups (broad SMARTS) is 1. The second-order valence-corrected chi connectivity index (χ2v) is 7.58. The molecular weight excluding hydrogens is 335 g/mol. The van der Waals surface area contributed by atoms with Gasteiger partial charge in [0.05, 0.1) is 14.7 Å². The molecule has 19 heavy (non-hydrogen) atoms. The molecule has 0 aromatic heterocycles. The van der Waals surface area contributed by atoms with Gasteiger partial charge in [-0.1, -0.05) is 20.0 Å². The molecule has 1 unspecified atom stereocenters. The number of carboxylic acids is 1. The molecule has 0 aliphatic heterocycles. The van der Waals surface area contributed by atoms with Gasteiger partial charge in [0.15, 0.2) is 0 Å². The summed E-state index contributed by atoms with van der Waals surface area (Å²) in [6.07, 6.45) is 1.06. The Kier molecular flexibility index (Phi) is 16.5. The van der Waals surface area contributed by atoms with Gasteiger partial charge in [-0.3, -0.25) is 4.79 Å². The summed E-state index contributed by atoms with van der Waals surface area (Å²) >= 11 is 0. The van der Waals surface area contributed by atoms with Crippen LogP contribution in [0.25, 0.3) is 0 Å². The normalized spacial score (nSPS) is 11.1. The molecule has 0 heterocycles. The van der Waals surface area contributed by atoms with E-state index < -0.39 is 5.97 Å². The fourth-order valence-electron chi connectivity index (χ4n) is 1.15. The summed E-state index contributed by atoms with van der Waals surface area (Å²) in [5, 5.41) is 8.65. The number of nitrogens with zero attached hydrogens (tertiary/aromatic N) is 1. The Hall–Kier alpha value is 0.0308. The van der Waals surface area contributed by atoms with E-state index in [2.05, 4.69) is 31.5 Å². The van der Waals surface area contributed by atoms with E-state index in [0.29, 0.717) is 12.1 Å². The van der Waals surface area contributed by atoms with E-state index in [1.165, 1.54) is 0 Å². The Balaban J connectivity index is -0.000000313. The van der Waals surface area contributed by atoms with Gasteiger partial charge in [0.25, 0.3) is 0 Å². The van der Waals surface area contributed by atoms with E-state index >= 15 is 0 Å². The van der Waals surface area contributed by atoms with Gasteiger partial charge < -0.3 is 14.8 Å². The Labute approximate surface area is 144 Å².